The van der Waals surface area contributed by atoms with Crippen molar-refractivity contribution in [3.05, 3.63) is 124 Å². The molecule has 2 amide bonds. The summed E-state index contributed by atoms with van der Waals surface area (Å²) in [5.41, 5.74) is 7.95. The van der Waals surface area contributed by atoms with Gasteiger partial charge in [-0.1, -0.05) is 72.8 Å². The molecular weight excluding hydrogens is 702 g/mol. The smallest absolute Gasteiger partial charge is 0.480 e. The summed E-state index contributed by atoms with van der Waals surface area (Å²) in [5.74, 6) is -0.936. The number of methoxy groups -OCH3 is 1. The van der Waals surface area contributed by atoms with E-state index in [0.29, 0.717) is 25.3 Å². The number of benzene rings is 4. The molecule has 0 saturated carbocycles. The van der Waals surface area contributed by atoms with Crippen molar-refractivity contribution in [2.24, 2.45) is 0 Å². The van der Waals surface area contributed by atoms with Crippen LogP contribution in [0.2, 0.25) is 0 Å². The van der Waals surface area contributed by atoms with Crippen LogP contribution in [0.3, 0.4) is 0 Å². The van der Waals surface area contributed by atoms with E-state index in [-0.39, 0.29) is 18.9 Å². The predicted molar refractivity (Wildman–Crippen MR) is 207 cm³/mol. The Morgan fingerprint density at radius 2 is 1.36 bits per heavy atom. The summed E-state index contributed by atoms with van der Waals surface area (Å²) in [4.78, 5) is 49.8. The summed E-state index contributed by atoms with van der Waals surface area (Å²) in [7, 11) is 1.24. The van der Waals surface area contributed by atoms with Crippen LogP contribution in [0.15, 0.2) is 84.9 Å². The number of hydrogen-bond donors (Lipinski definition) is 4. The zero-order chi connectivity index (χ0) is 39.7. The van der Waals surface area contributed by atoms with Gasteiger partial charge in [0.25, 0.3) is 0 Å². The summed E-state index contributed by atoms with van der Waals surface area (Å²) in [6, 6.07) is 25.5. The molecule has 0 fully saturated rings. The number of fused-ring (bicyclic) bond motifs is 3. The van der Waals surface area contributed by atoms with Crippen molar-refractivity contribution in [3.8, 4) is 16.9 Å². The second-order valence-corrected chi connectivity index (χ2v) is 14.6. The largest absolute Gasteiger partial charge is 0.513 e. The first-order chi connectivity index (χ1) is 26.2. The normalized spacial score (nSPS) is 13.1. The van der Waals surface area contributed by atoms with Crippen LogP contribution in [0.4, 0.5) is 14.4 Å². The van der Waals surface area contributed by atoms with E-state index in [1.807, 2.05) is 62.4 Å². The first kappa shape index (κ1) is 40.3. The standard InChI is InChI=1S/C43H49N3O9/c1-26-19-31(54-42(51)52-6)20-27(2)36(26)22-30(45-40(49)53-25-37-34-17-11-9-15-32(34)33-16-10-12-18-35(33)37)24-44-23-29-14-8-7-13-28(29)21-38(39(47)48)46-41(50)55-43(3,4)5/h7-20,30,37-38,44H,21-25H2,1-6H3,(H,45,49)(H,46,50)(H,47,48)/t30-,38-/m0/s1. The Hall–Kier alpha value is -5.88. The van der Waals surface area contributed by atoms with Crippen molar-refractivity contribution >= 4 is 24.3 Å². The maximum absolute atomic E-state index is 13.5. The molecule has 0 heterocycles. The maximum atomic E-state index is 13.5. The Morgan fingerprint density at radius 1 is 0.782 bits per heavy atom. The second kappa shape index (κ2) is 18.0. The topological polar surface area (TPSA) is 162 Å². The highest BCUT2D eigenvalue weighted by molar-refractivity contribution is 5.81. The average Bonchev–Trinajstić information content (AvgIpc) is 3.45. The van der Waals surface area contributed by atoms with Crippen LogP contribution >= 0.6 is 0 Å². The molecule has 12 nitrogen and oxygen atoms in total. The minimum atomic E-state index is -1.21. The number of aliphatic carboxylic acids is 1. The van der Waals surface area contributed by atoms with Gasteiger partial charge in [0.2, 0.25) is 0 Å². The van der Waals surface area contributed by atoms with Gasteiger partial charge in [0.1, 0.15) is 24.0 Å². The molecule has 4 aromatic carbocycles. The van der Waals surface area contributed by atoms with Gasteiger partial charge >= 0.3 is 24.3 Å². The predicted octanol–water partition coefficient (Wildman–Crippen LogP) is 7.21. The van der Waals surface area contributed by atoms with E-state index in [2.05, 4.69) is 45.0 Å². The lowest BCUT2D eigenvalue weighted by molar-refractivity contribution is -0.139. The lowest BCUT2D eigenvalue weighted by Gasteiger charge is -2.24. The van der Waals surface area contributed by atoms with Gasteiger partial charge in [-0.05, 0) is 103 Å². The highest BCUT2D eigenvalue weighted by Crippen LogP contribution is 2.44. The quantitative estimate of drug-likeness (QED) is 0.0589. The Morgan fingerprint density at radius 3 is 1.95 bits per heavy atom. The average molecular weight is 752 g/mol. The number of rotatable bonds is 14. The van der Waals surface area contributed by atoms with Gasteiger partial charge in [-0.3, -0.25) is 0 Å². The zero-order valence-corrected chi connectivity index (χ0v) is 32.1. The molecule has 0 aliphatic heterocycles. The molecule has 0 aromatic heterocycles. The minimum absolute atomic E-state index is 0.0340. The molecule has 0 spiro atoms. The lowest BCUT2D eigenvalue weighted by atomic mass is 9.95. The van der Waals surface area contributed by atoms with E-state index < -0.39 is 42.0 Å². The summed E-state index contributed by atoms with van der Waals surface area (Å²) in [6.07, 6.45) is -1.73. The van der Waals surface area contributed by atoms with Crippen LogP contribution in [0.25, 0.3) is 11.1 Å². The van der Waals surface area contributed by atoms with E-state index >= 15 is 0 Å². The fourth-order valence-corrected chi connectivity index (χ4v) is 6.88. The molecule has 0 saturated heterocycles. The molecule has 4 aromatic rings. The lowest BCUT2D eigenvalue weighted by Crippen LogP contribution is -2.45. The molecule has 2 atom stereocenters. The fourth-order valence-electron chi connectivity index (χ4n) is 6.88. The molecule has 290 valence electrons. The van der Waals surface area contributed by atoms with Gasteiger partial charge < -0.3 is 40.0 Å². The second-order valence-electron chi connectivity index (χ2n) is 14.6. The van der Waals surface area contributed by atoms with Crippen molar-refractivity contribution in [1.29, 1.82) is 0 Å². The highest BCUT2D eigenvalue weighted by Gasteiger charge is 2.30. The van der Waals surface area contributed by atoms with Crippen molar-refractivity contribution in [2.75, 3.05) is 20.3 Å². The number of hydrogen-bond acceptors (Lipinski definition) is 9. The molecule has 1 aliphatic carbocycles. The van der Waals surface area contributed by atoms with Crippen molar-refractivity contribution in [2.45, 2.75) is 77.6 Å². The van der Waals surface area contributed by atoms with Gasteiger partial charge in [-0.2, -0.15) is 0 Å². The number of aryl methyl sites for hydroxylation is 2. The number of carboxylic acids is 1. The molecule has 0 unspecified atom stereocenters. The van der Waals surface area contributed by atoms with E-state index in [9.17, 15) is 24.3 Å². The first-order valence-corrected chi connectivity index (χ1v) is 18.2. The van der Waals surface area contributed by atoms with Crippen LogP contribution < -0.4 is 20.7 Å². The van der Waals surface area contributed by atoms with E-state index in [1.54, 1.807) is 32.9 Å². The Labute approximate surface area is 321 Å². The van der Waals surface area contributed by atoms with Gasteiger partial charge in [-0.15, -0.1) is 0 Å². The van der Waals surface area contributed by atoms with Gasteiger partial charge in [0.15, 0.2) is 0 Å². The number of alkyl carbamates (subject to hydrolysis) is 2. The number of nitrogens with one attached hydrogen (secondary N) is 3. The van der Waals surface area contributed by atoms with Gasteiger partial charge in [0, 0.05) is 31.5 Å². The SMILES string of the molecule is COC(=O)Oc1cc(C)c(C[C@@H](CNCc2ccccc2C[C@H](NC(=O)OC(C)(C)C)C(=O)O)NC(=O)OCC2c3ccccc3-c3ccccc32)c(C)c1. The van der Waals surface area contributed by atoms with Crippen LogP contribution in [0.1, 0.15) is 65.6 Å². The molecule has 0 radical (unpaired) electrons. The Bertz CT molecular complexity index is 1950. The number of amides is 2. The Kier molecular flexibility index (Phi) is 13.2. The van der Waals surface area contributed by atoms with E-state index in [4.69, 9.17) is 14.2 Å². The molecular formula is C43H49N3O9. The number of carbonyl (C=O) groups is 4. The monoisotopic (exact) mass is 751 g/mol. The third-order valence-electron chi connectivity index (χ3n) is 9.39. The molecule has 5 rings (SSSR count). The summed E-state index contributed by atoms with van der Waals surface area (Å²) >= 11 is 0. The summed E-state index contributed by atoms with van der Waals surface area (Å²) in [5, 5.41) is 18.9. The summed E-state index contributed by atoms with van der Waals surface area (Å²) in [6.45, 7) is 9.77. The zero-order valence-electron chi connectivity index (χ0n) is 32.1. The third-order valence-corrected chi connectivity index (χ3v) is 9.39. The van der Waals surface area contributed by atoms with Gasteiger partial charge in [0.05, 0.1) is 7.11 Å². The van der Waals surface area contributed by atoms with Crippen molar-refractivity contribution < 1.29 is 43.2 Å². The first-order valence-electron chi connectivity index (χ1n) is 18.2. The highest BCUT2D eigenvalue weighted by atomic mass is 16.7. The molecule has 55 heavy (non-hydrogen) atoms. The Balaban J connectivity index is 1.30. The molecule has 12 heteroatoms. The van der Waals surface area contributed by atoms with E-state index in [1.165, 1.54) is 7.11 Å². The van der Waals surface area contributed by atoms with Crippen LogP contribution in [-0.2, 0) is 38.4 Å². The van der Waals surface area contributed by atoms with Crippen LogP contribution in [0.5, 0.6) is 5.75 Å². The number of carbonyl (C=O) groups excluding carboxylic acids is 3. The maximum Gasteiger partial charge on any atom is 0.513 e. The van der Waals surface area contributed by atoms with Crippen LogP contribution in [-0.4, -0.2) is 67.4 Å². The molecule has 1 aliphatic rings. The number of carboxylic acid groups (broad SMARTS) is 1. The van der Waals surface area contributed by atoms with E-state index in [0.717, 1.165) is 50.1 Å². The van der Waals surface area contributed by atoms with Crippen molar-refractivity contribution in [3.63, 3.8) is 0 Å². The van der Waals surface area contributed by atoms with Crippen LogP contribution in [0, 0.1) is 13.8 Å². The fraction of sp³-hybridized carbons (Fsp3) is 0.349. The van der Waals surface area contributed by atoms with Crippen molar-refractivity contribution in [1.82, 2.24) is 16.0 Å². The summed E-state index contributed by atoms with van der Waals surface area (Å²) < 4.78 is 21.1. The minimum Gasteiger partial charge on any atom is -0.480 e. The third kappa shape index (κ3) is 10.9. The molecule has 4 N–H and O–H groups in total. The van der Waals surface area contributed by atoms with Gasteiger partial charge in [-0.25, -0.2) is 19.2 Å². The number of ether oxygens (including phenoxy) is 4. The molecule has 0 bridgehead atoms.